The molecular weight excluding hydrogens is 145 g/mol. The highest BCUT2D eigenvalue weighted by atomic mass is 19.1. The van der Waals surface area contributed by atoms with E-state index in [0.29, 0.717) is 12.9 Å². The van der Waals surface area contributed by atoms with Gasteiger partial charge in [-0.05, 0) is 12.6 Å². The lowest BCUT2D eigenvalue weighted by Crippen LogP contribution is -2.17. The largest absolute Gasteiger partial charge is 0.395 e. The first-order chi connectivity index (χ1) is 5.22. The lowest BCUT2D eigenvalue weighted by Gasteiger charge is -2.07. The molecule has 60 valence electrons. The predicted molar refractivity (Wildman–Crippen MR) is 42.8 cm³/mol. The number of epoxide rings is 1. The Morgan fingerprint density at radius 1 is 1.82 bits per heavy atom. The number of hydrogen-bond donors (Lipinski definition) is 1. The van der Waals surface area contributed by atoms with Crippen LogP contribution in [0.1, 0.15) is 0 Å². The van der Waals surface area contributed by atoms with E-state index in [0.717, 1.165) is 0 Å². The van der Waals surface area contributed by atoms with E-state index < -0.39 is 13.1 Å². The summed E-state index contributed by atoms with van der Waals surface area (Å²) < 4.78 is 17.7. The molecule has 0 aliphatic carbocycles. The van der Waals surface area contributed by atoms with Crippen molar-refractivity contribution in [3.05, 3.63) is 0 Å². The molecule has 0 bridgehead atoms. The Labute approximate surface area is 67.7 Å². The van der Waals surface area contributed by atoms with E-state index in [1.807, 2.05) is 0 Å². The maximum atomic E-state index is 12.8. The normalized spacial score (nSPS) is 24.7. The third-order valence-corrected chi connectivity index (χ3v) is 1.72. The molecule has 1 heterocycles. The summed E-state index contributed by atoms with van der Waals surface area (Å²) in [5.41, 5.74) is 0. The van der Waals surface area contributed by atoms with Crippen LogP contribution in [0.3, 0.4) is 0 Å². The second-order valence-electron chi connectivity index (χ2n) is 2.91. The van der Waals surface area contributed by atoms with Gasteiger partial charge in [0.05, 0.1) is 20.6 Å². The number of aliphatic hydroxyl groups excluding tert-OH is 1. The highest BCUT2D eigenvalue weighted by Gasteiger charge is 2.30. The maximum absolute atomic E-state index is 12.8. The van der Waals surface area contributed by atoms with Crippen LogP contribution in [0.4, 0.5) is 4.32 Å². The van der Waals surface area contributed by atoms with E-state index in [-0.39, 0.29) is 18.7 Å². The van der Waals surface area contributed by atoms with E-state index >= 15 is 0 Å². The van der Waals surface area contributed by atoms with E-state index in [2.05, 4.69) is 0 Å². The summed E-state index contributed by atoms with van der Waals surface area (Å²) in [7, 11) is 5.12. The van der Waals surface area contributed by atoms with Crippen molar-refractivity contribution in [2.75, 3.05) is 6.61 Å². The SMILES string of the molecule is [B]CC(O)CB(F)CC1CO1. The Kier molecular flexibility index (Phi) is 3.40. The summed E-state index contributed by atoms with van der Waals surface area (Å²) in [4.78, 5) is 0. The first-order valence-corrected chi connectivity index (χ1v) is 3.86. The van der Waals surface area contributed by atoms with Gasteiger partial charge in [-0.25, -0.2) is 0 Å². The zero-order valence-electron chi connectivity index (χ0n) is 6.37. The molecule has 1 N–H and O–H groups in total. The second-order valence-corrected chi connectivity index (χ2v) is 2.91. The fourth-order valence-electron chi connectivity index (χ4n) is 0.977. The Hall–Kier alpha value is -0.0201. The van der Waals surface area contributed by atoms with Crippen molar-refractivity contribution in [3.8, 4) is 0 Å². The van der Waals surface area contributed by atoms with Crippen LogP contribution in [-0.2, 0) is 4.74 Å². The molecule has 1 rings (SSSR count). The van der Waals surface area contributed by atoms with Crippen LogP contribution in [0, 0.1) is 0 Å². The van der Waals surface area contributed by atoms with Gasteiger partial charge in [-0.2, -0.15) is 0 Å². The maximum Gasteiger partial charge on any atom is 0.353 e. The minimum atomic E-state index is -0.971. The number of ether oxygens (including phenoxy) is 1. The smallest absolute Gasteiger partial charge is 0.353 e. The third-order valence-electron chi connectivity index (χ3n) is 1.72. The molecule has 2 atom stereocenters. The molecule has 0 aromatic rings. The molecule has 1 saturated heterocycles. The Morgan fingerprint density at radius 3 is 2.91 bits per heavy atom. The lowest BCUT2D eigenvalue weighted by molar-refractivity contribution is 0.213. The Bertz CT molecular complexity index is 121. The molecule has 0 aromatic heterocycles. The lowest BCUT2D eigenvalue weighted by atomic mass is 9.61. The van der Waals surface area contributed by atoms with Crippen molar-refractivity contribution < 1.29 is 14.2 Å². The Morgan fingerprint density at radius 2 is 2.45 bits per heavy atom. The topological polar surface area (TPSA) is 32.8 Å². The standard InChI is InChI=1S/C6H11B2FO2/c7-1-5(10)2-8(9)3-6-4-11-6/h5-6,10H,1-4H2. The monoisotopic (exact) mass is 156 g/mol. The van der Waals surface area contributed by atoms with E-state index in [4.69, 9.17) is 17.7 Å². The molecule has 0 amide bonds. The molecule has 0 saturated carbocycles. The van der Waals surface area contributed by atoms with Gasteiger partial charge < -0.3 is 14.2 Å². The van der Waals surface area contributed by atoms with Gasteiger partial charge >= 0.3 is 6.99 Å². The van der Waals surface area contributed by atoms with Gasteiger partial charge in [0, 0.05) is 6.10 Å². The van der Waals surface area contributed by atoms with Crippen molar-refractivity contribution >= 4 is 14.8 Å². The summed E-state index contributed by atoms with van der Waals surface area (Å²) in [5, 5.41) is 8.96. The number of halogens is 1. The van der Waals surface area contributed by atoms with Gasteiger partial charge in [0.25, 0.3) is 0 Å². The van der Waals surface area contributed by atoms with Crippen LogP contribution < -0.4 is 0 Å². The molecule has 2 radical (unpaired) electrons. The molecule has 1 aliphatic rings. The second kappa shape index (κ2) is 4.12. The zero-order chi connectivity index (χ0) is 8.27. The first kappa shape index (κ1) is 9.07. The van der Waals surface area contributed by atoms with Gasteiger partial charge in [0.1, 0.15) is 0 Å². The number of rotatable bonds is 5. The Balaban J connectivity index is 2.03. The average Bonchev–Trinajstić information content (AvgIpc) is 2.71. The van der Waals surface area contributed by atoms with Crippen molar-refractivity contribution in [2.45, 2.75) is 31.2 Å². The number of aliphatic hydroxyl groups is 1. The van der Waals surface area contributed by atoms with Gasteiger partial charge in [-0.3, -0.25) is 0 Å². The highest BCUT2D eigenvalue weighted by Crippen LogP contribution is 2.19. The van der Waals surface area contributed by atoms with Crippen molar-refractivity contribution in [1.29, 1.82) is 0 Å². The fourth-order valence-corrected chi connectivity index (χ4v) is 0.977. The minimum Gasteiger partial charge on any atom is -0.395 e. The third kappa shape index (κ3) is 3.77. The van der Waals surface area contributed by atoms with Crippen LogP contribution in [0.5, 0.6) is 0 Å². The molecule has 1 fully saturated rings. The van der Waals surface area contributed by atoms with E-state index in [1.54, 1.807) is 0 Å². The van der Waals surface area contributed by atoms with Crippen molar-refractivity contribution in [1.82, 2.24) is 0 Å². The highest BCUT2D eigenvalue weighted by molar-refractivity contribution is 6.51. The quantitative estimate of drug-likeness (QED) is 0.458. The summed E-state index contributed by atoms with van der Waals surface area (Å²) in [5.74, 6) is 0. The predicted octanol–water partition coefficient (Wildman–Crippen LogP) is 0.294. The van der Waals surface area contributed by atoms with Gasteiger partial charge in [-0.1, -0.05) is 6.32 Å². The summed E-state index contributed by atoms with van der Waals surface area (Å²) in [6.45, 7) is -0.305. The van der Waals surface area contributed by atoms with Crippen molar-refractivity contribution in [2.24, 2.45) is 0 Å². The van der Waals surface area contributed by atoms with Crippen LogP contribution in [-0.4, -0.2) is 38.8 Å². The molecule has 0 spiro atoms. The van der Waals surface area contributed by atoms with Crippen LogP contribution in [0.2, 0.25) is 19.0 Å². The van der Waals surface area contributed by atoms with Crippen molar-refractivity contribution in [3.63, 3.8) is 0 Å². The zero-order valence-corrected chi connectivity index (χ0v) is 6.37. The van der Waals surface area contributed by atoms with Crippen LogP contribution in [0.15, 0.2) is 0 Å². The molecule has 5 heteroatoms. The van der Waals surface area contributed by atoms with E-state index in [9.17, 15) is 4.32 Å². The summed E-state index contributed by atoms with van der Waals surface area (Å²) in [6.07, 6.45) is 0.0537. The van der Waals surface area contributed by atoms with Gasteiger partial charge in [0.2, 0.25) is 0 Å². The molecule has 1 aliphatic heterocycles. The first-order valence-electron chi connectivity index (χ1n) is 3.86. The molecular formula is C6H11B2FO2. The fraction of sp³-hybridized carbons (Fsp3) is 1.00. The van der Waals surface area contributed by atoms with Gasteiger partial charge in [0.15, 0.2) is 0 Å². The molecule has 2 nitrogen and oxygen atoms in total. The molecule has 11 heavy (non-hydrogen) atoms. The molecule has 0 aromatic carbocycles. The summed E-state index contributed by atoms with van der Waals surface area (Å²) in [6, 6.07) is 0. The van der Waals surface area contributed by atoms with Gasteiger partial charge in [-0.15, -0.1) is 0 Å². The van der Waals surface area contributed by atoms with Crippen LogP contribution >= 0.6 is 0 Å². The molecule has 2 unspecified atom stereocenters. The summed E-state index contributed by atoms with van der Waals surface area (Å²) >= 11 is 0. The number of hydrogen-bond acceptors (Lipinski definition) is 2. The van der Waals surface area contributed by atoms with E-state index in [1.165, 1.54) is 0 Å². The average molecular weight is 156 g/mol. The van der Waals surface area contributed by atoms with Crippen LogP contribution in [0.25, 0.3) is 0 Å². The minimum absolute atomic E-state index is 0.0926.